The fourth-order valence-electron chi connectivity index (χ4n) is 3.02. The molecule has 152 valence electrons. The molecule has 2 amide bonds. The minimum absolute atomic E-state index is 0.0409. The van der Waals surface area contributed by atoms with Gasteiger partial charge >= 0.3 is 6.18 Å². The molecule has 0 aliphatic heterocycles. The third-order valence-corrected chi connectivity index (χ3v) is 4.78. The SMILES string of the molecule is CCC1CC1C(=O)NCc1cn2ncc(CNC(=O)CCC(F)(F)F)cc2n1. The van der Waals surface area contributed by atoms with E-state index in [1.54, 1.807) is 16.8 Å². The highest BCUT2D eigenvalue weighted by molar-refractivity contribution is 5.81. The summed E-state index contributed by atoms with van der Waals surface area (Å²) in [5.41, 5.74) is 1.81. The van der Waals surface area contributed by atoms with E-state index in [2.05, 4.69) is 27.6 Å². The first-order chi connectivity index (χ1) is 13.2. The summed E-state index contributed by atoms with van der Waals surface area (Å²) in [4.78, 5) is 27.9. The van der Waals surface area contributed by atoms with Crippen molar-refractivity contribution in [3.8, 4) is 0 Å². The molecular formula is C18H22F3N5O2. The summed E-state index contributed by atoms with van der Waals surface area (Å²) in [7, 11) is 0. The number of hydrogen-bond acceptors (Lipinski definition) is 4. The molecule has 2 N–H and O–H groups in total. The standard InChI is InChI=1S/C18H22F3N5O2/c1-2-12-6-14(12)17(28)23-9-13-10-26-15(25-13)5-11(8-24-26)7-22-16(27)3-4-18(19,20)21/h5,8,10,12,14H,2-4,6-7,9H2,1H3,(H,22,27)(H,23,28). The van der Waals surface area contributed by atoms with Crippen molar-refractivity contribution in [2.75, 3.05) is 0 Å². The van der Waals surface area contributed by atoms with Crippen molar-refractivity contribution < 1.29 is 22.8 Å². The number of rotatable bonds is 8. The molecule has 0 saturated heterocycles. The van der Waals surface area contributed by atoms with E-state index in [1.807, 2.05) is 0 Å². The van der Waals surface area contributed by atoms with Crippen molar-refractivity contribution in [3.05, 3.63) is 29.7 Å². The number of amides is 2. The van der Waals surface area contributed by atoms with Gasteiger partial charge in [-0.2, -0.15) is 18.3 Å². The topological polar surface area (TPSA) is 88.4 Å². The van der Waals surface area contributed by atoms with Crippen LogP contribution in [-0.2, 0) is 22.7 Å². The minimum atomic E-state index is -4.35. The monoisotopic (exact) mass is 397 g/mol. The molecule has 0 spiro atoms. The van der Waals surface area contributed by atoms with Crippen molar-refractivity contribution in [1.82, 2.24) is 25.2 Å². The van der Waals surface area contributed by atoms with Gasteiger partial charge in [0, 0.05) is 18.9 Å². The van der Waals surface area contributed by atoms with Gasteiger partial charge in [0.1, 0.15) is 0 Å². The lowest BCUT2D eigenvalue weighted by Crippen LogP contribution is -2.25. The quantitative estimate of drug-likeness (QED) is 0.716. The van der Waals surface area contributed by atoms with Gasteiger partial charge in [-0.25, -0.2) is 9.50 Å². The maximum Gasteiger partial charge on any atom is 0.389 e. The fraction of sp³-hybridized carbons (Fsp3) is 0.556. The smallest absolute Gasteiger partial charge is 0.352 e. The Morgan fingerprint density at radius 2 is 2.07 bits per heavy atom. The Morgan fingerprint density at radius 1 is 1.29 bits per heavy atom. The van der Waals surface area contributed by atoms with Crippen LogP contribution in [0.25, 0.3) is 5.65 Å². The average Bonchev–Trinajstić information content (AvgIpc) is 3.33. The van der Waals surface area contributed by atoms with Crippen LogP contribution in [-0.4, -0.2) is 32.6 Å². The average molecular weight is 397 g/mol. The van der Waals surface area contributed by atoms with Crippen LogP contribution in [0.3, 0.4) is 0 Å². The molecule has 1 aliphatic rings. The van der Waals surface area contributed by atoms with E-state index >= 15 is 0 Å². The highest BCUT2D eigenvalue weighted by Crippen LogP contribution is 2.40. The molecule has 2 unspecified atom stereocenters. The van der Waals surface area contributed by atoms with E-state index in [1.165, 1.54) is 6.20 Å². The van der Waals surface area contributed by atoms with Crippen LogP contribution in [0.2, 0.25) is 0 Å². The van der Waals surface area contributed by atoms with Crippen molar-refractivity contribution >= 4 is 17.5 Å². The predicted molar refractivity (Wildman–Crippen MR) is 93.9 cm³/mol. The zero-order chi connectivity index (χ0) is 20.3. The van der Waals surface area contributed by atoms with Crippen molar-refractivity contribution in [3.63, 3.8) is 0 Å². The van der Waals surface area contributed by atoms with Gasteiger partial charge in [0.25, 0.3) is 0 Å². The molecule has 2 heterocycles. The number of nitrogens with one attached hydrogen (secondary N) is 2. The maximum absolute atomic E-state index is 12.1. The van der Waals surface area contributed by atoms with Gasteiger partial charge in [0.05, 0.1) is 31.1 Å². The second kappa shape index (κ2) is 8.15. The number of hydrogen-bond donors (Lipinski definition) is 2. The second-order valence-electron chi connectivity index (χ2n) is 7.02. The Bertz CT molecular complexity index is 865. The summed E-state index contributed by atoms with van der Waals surface area (Å²) in [6, 6.07) is 1.69. The summed E-state index contributed by atoms with van der Waals surface area (Å²) in [6.45, 7) is 2.44. The Hall–Kier alpha value is -2.65. The van der Waals surface area contributed by atoms with E-state index in [-0.39, 0.29) is 18.4 Å². The predicted octanol–water partition coefficient (Wildman–Crippen LogP) is 2.35. The van der Waals surface area contributed by atoms with E-state index in [4.69, 9.17) is 0 Å². The van der Waals surface area contributed by atoms with Gasteiger partial charge in [-0.05, 0) is 24.0 Å². The molecule has 1 fully saturated rings. The molecule has 2 aromatic heterocycles. The molecule has 0 bridgehead atoms. The van der Waals surface area contributed by atoms with E-state index in [9.17, 15) is 22.8 Å². The number of alkyl halides is 3. The van der Waals surface area contributed by atoms with Crippen LogP contribution in [0.5, 0.6) is 0 Å². The molecule has 0 aromatic carbocycles. The lowest BCUT2D eigenvalue weighted by Gasteiger charge is -2.07. The van der Waals surface area contributed by atoms with Gasteiger partial charge in [-0.1, -0.05) is 13.3 Å². The lowest BCUT2D eigenvalue weighted by molar-refractivity contribution is -0.144. The highest BCUT2D eigenvalue weighted by atomic mass is 19.4. The second-order valence-corrected chi connectivity index (χ2v) is 7.02. The Balaban J connectivity index is 1.51. The maximum atomic E-state index is 12.1. The van der Waals surface area contributed by atoms with Gasteiger partial charge < -0.3 is 10.6 Å². The number of imidazole rings is 1. The van der Waals surface area contributed by atoms with E-state index in [0.29, 0.717) is 29.4 Å². The van der Waals surface area contributed by atoms with Crippen molar-refractivity contribution in [2.45, 2.75) is 51.9 Å². The highest BCUT2D eigenvalue weighted by Gasteiger charge is 2.41. The van der Waals surface area contributed by atoms with Gasteiger partial charge in [0.2, 0.25) is 11.8 Å². The van der Waals surface area contributed by atoms with Crippen LogP contribution in [0.1, 0.15) is 43.9 Å². The van der Waals surface area contributed by atoms with Crippen LogP contribution in [0.15, 0.2) is 18.5 Å². The number of nitrogens with zero attached hydrogens (tertiary/aromatic N) is 3. The summed E-state index contributed by atoms with van der Waals surface area (Å²) in [5, 5.41) is 9.49. The normalized spacial score (nSPS) is 18.9. The first kappa shape index (κ1) is 20.1. The summed E-state index contributed by atoms with van der Waals surface area (Å²) < 4.78 is 37.9. The lowest BCUT2D eigenvalue weighted by atomic mass is 10.2. The Kier molecular flexibility index (Phi) is 5.85. The van der Waals surface area contributed by atoms with E-state index in [0.717, 1.165) is 12.8 Å². The molecule has 0 radical (unpaired) electrons. The molecule has 7 nitrogen and oxygen atoms in total. The van der Waals surface area contributed by atoms with Crippen LogP contribution >= 0.6 is 0 Å². The molecular weight excluding hydrogens is 375 g/mol. The van der Waals surface area contributed by atoms with Gasteiger partial charge in [-0.15, -0.1) is 0 Å². The largest absolute Gasteiger partial charge is 0.389 e. The number of aromatic nitrogens is 3. The van der Waals surface area contributed by atoms with Crippen molar-refractivity contribution in [1.29, 1.82) is 0 Å². The first-order valence-corrected chi connectivity index (χ1v) is 9.19. The fourth-order valence-corrected chi connectivity index (χ4v) is 3.02. The third-order valence-electron chi connectivity index (χ3n) is 4.78. The third kappa shape index (κ3) is 5.43. The zero-order valence-corrected chi connectivity index (χ0v) is 15.4. The number of fused-ring (bicyclic) bond motifs is 1. The summed E-state index contributed by atoms with van der Waals surface area (Å²) in [5.74, 6) is -0.0436. The molecule has 10 heteroatoms. The van der Waals surface area contributed by atoms with Crippen LogP contribution in [0, 0.1) is 11.8 Å². The van der Waals surface area contributed by atoms with E-state index < -0.39 is 24.9 Å². The molecule has 2 aromatic rings. The molecule has 1 aliphatic carbocycles. The Labute approximate surface area is 159 Å². The summed E-state index contributed by atoms with van der Waals surface area (Å²) in [6.07, 6.45) is -0.949. The number of carbonyl (C=O) groups is 2. The molecule has 3 rings (SSSR count). The molecule has 2 atom stereocenters. The molecule has 1 saturated carbocycles. The Morgan fingerprint density at radius 3 is 2.75 bits per heavy atom. The van der Waals surface area contributed by atoms with Crippen LogP contribution < -0.4 is 10.6 Å². The minimum Gasteiger partial charge on any atom is -0.352 e. The summed E-state index contributed by atoms with van der Waals surface area (Å²) >= 11 is 0. The molecule has 28 heavy (non-hydrogen) atoms. The van der Waals surface area contributed by atoms with Gasteiger partial charge in [0.15, 0.2) is 5.65 Å². The number of carbonyl (C=O) groups excluding carboxylic acids is 2. The zero-order valence-electron chi connectivity index (χ0n) is 15.4. The van der Waals surface area contributed by atoms with Gasteiger partial charge in [-0.3, -0.25) is 9.59 Å². The van der Waals surface area contributed by atoms with Crippen molar-refractivity contribution in [2.24, 2.45) is 11.8 Å². The first-order valence-electron chi connectivity index (χ1n) is 9.19. The number of halogens is 3. The van der Waals surface area contributed by atoms with Crippen LogP contribution in [0.4, 0.5) is 13.2 Å².